The minimum absolute atomic E-state index is 0.0871. The third kappa shape index (κ3) is 2.47. The molecule has 1 nitrogen and oxygen atoms in total. The van der Waals surface area contributed by atoms with Gasteiger partial charge in [0.15, 0.2) is 5.78 Å². The van der Waals surface area contributed by atoms with Gasteiger partial charge in [0.05, 0.1) is 4.75 Å². The largest absolute Gasteiger partial charge is 0.293 e. The second-order valence-corrected chi connectivity index (χ2v) is 6.44. The van der Waals surface area contributed by atoms with Gasteiger partial charge in [0.1, 0.15) is 0 Å². The lowest BCUT2D eigenvalue weighted by Crippen LogP contribution is -2.30. The van der Waals surface area contributed by atoms with E-state index in [1.54, 1.807) is 0 Å². The summed E-state index contributed by atoms with van der Waals surface area (Å²) >= 11 is 1.86. The van der Waals surface area contributed by atoms with Crippen molar-refractivity contribution >= 4 is 17.5 Å². The molecule has 0 saturated carbocycles. The van der Waals surface area contributed by atoms with E-state index in [4.69, 9.17) is 0 Å². The van der Waals surface area contributed by atoms with Gasteiger partial charge in [0.2, 0.25) is 0 Å². The molecule has 1 aliphatic heterocycles. The summed E-state index contributed by atoms with van der Waals surface area (Å²) < 4.78 is -0.0871. The highest BCUT2D eigenvalue weighted by atomic mass is 32.2. The number of hydrogen-bond acceptors (Lipinski definition) is 2. The fourth-order valence-corrected chi connectivity index (χ4v) is 3.81. The number of carbonyl (C=O) groups excluding carboxylic acids is 1. The molecule has 1 saturated heterocycles. The Morgan fingerprint density at radius 2 is 2.20 bits per heavy atom. The Kier molecular flexibility index (Phi) is 3.55. The molecular weight excluding hydrogens is 204 g/mol. The molecule has 1 aliphatic carbocycles. The average molecular weight is 224 g/mol. The minimum Gasteiger partial charge on any atom is -0.293 e. The zero-order valence-corrected chi connectivity index (χ0v) is 10.4. The van der Waals surface area contributed by atoms with Gasteiger partial charge in [-0.15, -0.1) is 11.8 Å². The summed E-state index contributed by atoms with van der Waals surface area (Å²) in [6.45, 7) is 2.14. The van der Waals surface area contributed by atoms with Crippen molar-refractivity contribution in [2.75, 3.05) is 5.75 Å². The fraction of sp³-hybridized carbons (Fsp3) is 0.769. The lowest BCUT2D eigenvalue weighted by molar-refractivity contribution is -0.117. The third-order valence-electron chi connectivity index (χ3n) is 3.53. The summed E-state index contributed by atoms with van der Waals surface area (Å²) in [5.41, 5.74) is 1.13. The van der Waals surface area contributed by atoms with Crippen LogP contribution in [-0.2, 0) is 4.79 Å². The first-order valence-electron chi connectivity index (χ1n) is 6.10. The van der Waals surface area contributed by atoms with Gasteiger partial charge in [-0.2, -0.15) is 0 Å². The Morgan fingerprint density at radius 3 is 2.93 bits per heavy atom. The van der Waals surface area contributed by atoms with E-state index >= 15 is 0 Å². The fourth-order valence-electron chi connectivity index (χ4n) is 2.52. The highest BCUT2D eigenvalue weighted by Gasteiger charge is 2.38. The van der Waals surface area contributed by atoms with Gasteiger partial charge in [0.25, 0.3) is 0 Å². The Bertz CT molecular complexity index is 274. The monoisotopic (exact) mass is 224 g/mol. The van der Waals surface area contributed by atoms with Gasteiger partial charge in [-0.1, -0.05) is 12.5 Å². The van der Waals surface area contributed by atoms with Crippen LogP contribution in [0.3, 0.4) is 0 Å². The highest BCUT2D eigenvalue weighted by molar-refractivity contribution is 8.01. The summed E-state index contributed by atoms with van der Waals surface area (Å²) in [6.07, 6.45) is 10.4. The van der Waals surface area contributed by atoms with Crippen LogP contribution < -0.4 is 0 Å². The molecule has 0 bridgehead atoms. The van der Waals surface area contributed by atoms with Gasteiger partial charge in [-0.3, -0.25) is 4.79 Å². The van der Waals surface area contributed by atoms with Crippen LogP contribution in [0.4, 0.5) is 0 Å². The number of hydrogen-bond donors (Lipinski definition) is 0. The van der Waals surface area contributed by atoms with Crippen LogP contribution in [0.15, 0.2) is 11.6 Å². The van der Waals surface area contributed by atoms with Crippen LogP contribution >= 0.6 is 11.8 Å². The molecule has 2 heteroatoms. The van der Waals surface area contributed by atoms with Crippen LogP contribution in [0.5, 0.6) is 0 Å². The standard InChI is InChI=1S/C13H20OS/c1-13(9-6-10-15-13)12(14)11-7-4-2-3-5-8-11/h7H,2-6,8-10H2,1H3. The Hall–Kier alpha value is -0.240. The molecule has 0 aromatic rings. The first-order valence-corrected chi connectivity index (χ1v) is 7.09. The third-order valence-corrected chi connectivity index (χ3v) is 5.05. The van der Waals surface area contributed by atoms with Crippen LogP contribution in [0.2, 0.25) is 0 Å². The summed E-state index contributed by atoms with van der Waals surface area (Å²) in [5, 5.41) is 0. The summed E-state index contributed by atoms with van der Waals surface area (Å²) in [6, 6.07) is 0. The molecule has 2 aliphatic rings. The number of Topliss-reactive ketones (excluding diaryl/α,β-unsaturated/α-hetero) is 1. The molecule has 2 rings (SSSR count). The molecule has 0 spiro atoms. The topological polar surface area (TPSA) is 17.1 Å². The van der Waals surface area contributed by atoms with Gasteiger partial charge in [-0.05, 0) is 56.8 Å². The van der Waals surface area contributed by atoms with Gasteiger partial charge < -0.3 is 0 Å². The predicted octanol–water partition coefficient (Wildman–Crippen LogP) is 3.73. The second-order valence-electron chi connectivity index (χ2n) is 4.84. The summed E-state index contributed by atoms with van der Waals surface area (Å²) in [5.74, 6) is 1.60. The van der Waals surface area contributed by atoms with Crippen molar-refractivity contribution in [3.63, 3.8) is 0 Å². The van der Waals surface area contributed by atoms with Crippen LogP contribution in [-0.4, -0.2) is 16.3 Å². The lowest BCUT2D eigenvalue weighted by Gasteiger charge is -2.22. The minimum atomic E-state index is -0.0871. The Balaban J connectivity index is 2.08. The normalized spacial score (nSPS) is 32.2. The van der Waals surface area contributed by atoms with Crippen LogP contribution in [0, 0.1) is 0 Å². The molecule has 1 heterocycles. The van der Waals surface area contributed by atoms with E-state index in [9.17, 15) is 4.79 Å². The maximum atomic E-state index is 12.4. The molecule has 1 atom stereocenters. The van der Waals surface area contributed by atoms with Crippen molar-refractivity contribution in [3.05, 3.63) is 11.6 Å². The molecule has 0 amide bonds. The summed E-state index contributed by atoms with van der Waals surface area (Å²) in [7, 11) is 0. The lowest BCUT2D eigenvalue weighted by atomic mass is 9.92. The van der Waals surface area contributed by atoms with Crippen molar-refractivity contribution < 1.29 is 4.79 Å². The number of carbonyl (C=O) groups is 1. The van der Waals surface area contributed by atoms with Crippen molar-refractivity contribution in [2.45, 2.75) is 56.6 Å². The Morgan fingerprint density at radius 1 is 1.33 bits per heavy atom. The van der Waals surface area contributed by atoms with Crippen LogP contribution in [0.1, 0.15) is 51.9 Å². The molecule has 0 aromatic carbocycles. The summed E-state index contributed by atoms with van der Waals surface area (Å²) in [4.78, 5) is 12.4. The number of ketones is 1. The van der Waals surface area contributed by atoms with Gasteiger partial charge in [0, 0.05) is 0 Å². The number of thioether (sulfide) groups is 1. The van der Waals surface area contributed by atoms with E-state index in [-0.39, 0.29) is 4.75 Å². The molecule has 0 N–H and O–H groups in total. The maximum Gasteiger partial charge on any atom is 0.174 e. The highest BCUT2D eigenvalue weighted by Crippen LogP contribution is 2.41. The zero-order chi connectivity index (χ0) is 10.7. The number of rotatable bonds is 2. The molecule has 0 aromatic heterocycles. The average Bonchev–Trinajstić information content (AvgIpc) is 2.54. The van der Waals surface area contributed by atoms with Crippen molar-refractivity contribution in [2.24, 2.45) is 0 Å². The van der Waals surface area contributed by atoms with Crippen LogP contribution in [0.25, 0.3) is 0 Å². The van der Waals surface area contributed by atoms with Gasteiger partial charge in [-0.25, -0.2) is 0 Å². The second kappa shape index (κ2) is 4.73. The van der Waals surface area contributed by atoms with Crippen molar-refractivity contribution in [1.29, 1.82) is 0 Å². The zero-order valence-electron chi connectivity index (χ0n) is 9.55. The van der Waals surface area contributed by atoms with Crippen molar-refractivity contribution in [1.82, 2.24) is 0 Å². The number of allylic oxidation sites excluding steroid dienone is 2. The molecule has 84 valence electrons. The molecule has 1 fully saturated rings. The SMILES string of the molecule is CC1(C(=O)C2=CCCCCC2)CCCS1. The van der Waals surface area contributed by atoms with E-state index in [0.29, 0.717) is 5.78 Å². The van der Waals surface area contributed by atoms with Crippen molar-refractivity contribution in [3.8, 4) is 0 Å². The maximum absolute atomic E-state index is 12.4. The van der Waals surface area contributed by atoms with E-state index in [1.165, 1.54) is 25.7 Å². The van der Waals surface area contributed by atoms with E-state index in [2.05, 4.69) is 13.0 Å². The predicted molar refractivity (Wildman–Crippen MR) is 66.3 cm³/mol. The van der Waals surface area contributed by atoms with E-state index < -0.39 is 0 Å². The molecular formula is C13H20OS. The molecule has 15 heavy (non-hydrogen) atoms. The smallest absolute Gasteiger partial charge is 0.174 e. The van der Waals surface area contributed by atoms with E-state index in [1.807, 2.05) is 11.8 Å². The molecule has 1 unspecified atom stereocenters. The Labute approximate surface area is 96.7 Å². The first kappa shape index (κ1) is 11.3. The quantitative estimate of drug-likeness (QED) is 0.711. The molecule has 0 radical (unpaired) electrons. The van der Waals surface area contributed by atoms with E-state index in [0.717, 1.165) is 30.6 Å². The van der Waals surface area contributed by atoms with Gasteiger partial charge >= 0.3 is 0 Å². The first-order chi connectivity index (χ1) is 7.22.